The number of benzene rings is 1. The van der Waals surface area contributed by atoms with Crippen molar-refractivity contribution in [2.75, 3.05) is 6.61 Å². The lowest BCUT2D eigenvalue weighted by atomic mass is 9.98. The van der Waals surface area contributed by atoms with Crippen molar-refractivity contribution in [3.05, 3.63) is 35.9 Å². The number of hydrogen-bond acceptors (Lipinski definition) is 9. The molecule has 1 N–H and O–H groups in total. The van der Waals surface area contributed by atoms with Crippen LogP contribution in [-0.4, -0.2) is 60.3 Å². The van der Waals surface area contributed by atoms with Crippen LogP contribution in [0.25, 0.3) is 0 Å². The van der Waals surface area contributed by atoms with Crippen molar-refractivity contribution in [1.29, 1.82) is 0 Å². The largest absolute Gasteiger partial charge is 0.463 e. The Morgan fingerprint density at radius 1 is 0.929 bits per heavy atom. The minimum atomic E-state index is -1.56. The summed E-state index contributed by atoms with van der Waals surface area (Å²) in [6.45, 7) is 3.41. The van der Waals surface area contributed by atoms with E-state index in [4.69, 9.17) is 23.7 Å². The lowest BCUT2D eigenvalue weighted by Crippen LogP contribution is -2.62. The van der Waals surface area contributed by atoms with Gasteiger partial charge in [-0.2, -0.15) is 0 Å². The molecule has 1 aromatic rings. The Morgan fingerprint density at radius 3 is 2.11 bits per heavy atom. The monoisotopic (exact) mass is 396 g/mol. The summed E-state index contributed by atoms with van der Waals surface area (Å²) in [4.78, 5) is 34.2. The van der Waals surface area contributed by atoms with Crippen molar-refractivity contribution >= 4 is 17.9 Å². The first-order valence-corrected chi connectivity index (χ1v) is 8.74. The van der Waals surface area contributed by atoms with Gasteiger partial charge in [0.2, 0.25) is 0 Å². The number of rotatable bonds is 7. The zero-order valence-electron chi connectivity index (χ0n) is 15.9. The molecule has 2 rings (SSSR count). The lowest BCUT2D eigenvalue weighted by Gasteiger charge is -2.43. The molecule has 28 heavy (non-hydrogen) atoms. The van der Waals surface area contributed by atoms with Crippen molar-refractivity contribution in [2.24, 2.45) is 0 Å². The summed E-state index contributed by atoms with van der Waals surface area (Å²) in [5.41, 5.74) is 0.822. The summed E-state index contributed by atoms with van der Waals surface area (Å²) in [6.07, 6.45) is -5.92. The van der Waals surface area contributed by atoms with E-state index in [1.165, 1.54) is 20.8 Å². The van der Waals surface area contributed by atoms with Gasteiger partial charge in [0, 0.05) is 20.8 Å². The van der Waals surface area contributed by atoms with Crippen LogP contribution < -0.4 is 0 Å². The molecule has 0 aliphatic carbocycles. The fourth-order valence-corrected chi connectivity index (χ4v) is 2.84. The van der Waals surface area contributed by atoms with Crippen LogP contribution in [0.4, 0.5) is 0 Å². The molecule has 1 aromatic carbocycles. The number of aliphatic hydroxyl groups excluding tert-OH is 1. The van der Waals surface area contributed by atoms with Crippen LogP contribution in [-0.2, 0) is 44.7 Å². The molecule has 1 aliphatic rings. The highest BCUT2D eigenvalue weighted by Crippen LogP contribution is 2.28. The molecular formula is C19H24O9. The van der Waals surface area contributed by atoms with Gasteiger partial charge < -0.3 is 28.8 Å². The number of carbonyl (C=O) groups excluding carboxylic acids is 3. The molecule has 5 atom stereocenters. The number of esters is 3. The summed E-state index contributed by atoms with van der Waals surface area (Å²) in [5, 5.41) is 10.3. The summed E-state index contributed by atoms with van der Waals surface area (Å²) >= 11 is 0. The average Bonchev–Trinajstić information content (AvgIpc) is 2.62. The van der Waals surface area contributed by atoms with Gasteiger partial charge in [0.1, 0.15) is 18.8 Å². The summed E-state index contributed by atoms with van der Waals surface area (Å²) in [6, 6.07) is 9.16. The van der Waals surface area contributed by atoms with Gasteiger partial charge in [-0.05, 0) is 5.56 Å². The van der Waals surface area contributed by atoms with E-state index < -0.39 is 48.6 Å². The topological polar surface area (TPSA) is 118 Å². The first kappa shape index (κ1) is 21.8. The summed E-state index contributed by atoms with van der Waals surface area (Å²) in [5.74, 6) is -1.86. The number of hydrogen-bond donors (Lipinski definition) is 1. The van der Waals surface area contributed by atoms with Crippen molar-refractivity contribution in [3.63, 3.8) is 0 Å². The smallest absolute Gasteiger partial charge is 0.303 e. The van der Waals surface area contributed by atoms with Crippen LogP contribution in [0.5, 0.6) is 0 Å². The van der Waals surface area contributed by atoms with Crippen molar-refractivity contribution in [3.8, 4) is 0 Å². The molecule has 0 amide bonds. The molecule has 0 saturated carbocycles. The third-order valence-corrected chi connectivity index (χ3v) is 3.95. The molecule has 1 heterocycles. The zero-order valence-corrected chi connectivity index (χ0v) is 15.9. The minimum absolute atomic E-state index is 0.105. The average molecular weight is 396 g/mol. The maximum absolute atomic E-state index is 11.6. The third-order valence-electron chi connectivity index (χ3n) is 3.95. The van der Waals surface area contributed by atoms with E-state index in [1.54, 1.807) is 0 Å². The first-order chi connectivity index (χ1) is 13.3. The van der Waals surface area contributed by atoms with Crippen LogP contribution in [0, 0.1) is 0 Å². The predicted octanol–water partition coefficient (Wildman–Crippen LogP) is 0.715. The Labute approximate surface area is 162 Å². The van der Waals surface area contributed by atoms with E-state index in [9.17, 15) is 19.5 Å². The number of carbonyl (C=O) groups is 3. The molecule has 1 saturated heterocycles. The van der Waals surface area contributed by atoms with Gasteiger partial charge in [-0.3, -0.25) is 14.4 Å². The molecule has 1 aliphatic heterocycles. The van der Waals surface area contributed by atoms with Crippen LogP contribution >= 0.6 is 0 Å². The van der Waals surface area contributed by atoms with E-state index in [0.29, 0.717) is 0 Å². The number of aliphatic hydroxyl groups is 1. The van der Waals surface area contributed by atoms with E-state index in [-0.39, 0.29) is 13.2 Å². The van der Waals surface area contributed by atoms with Crippen LogP contribution in [0.3, 0.4) is 0 Å². The lowest BCUT2D eigenvalue weighted by molar-refractivity contribution is -0.302. The summed E-state index contributed by atoms with van der Waals surface area (Å²) < 4.78 is 26.7. The Bertz CT molecular complexity index is 675. The Morgan fingerprint density at radius 2 is 1.54 bits per heavy atom. The van der Waals surface area contributed by atoms with Crippen molar-refractivity contribution in [1.82, 2.24) is 0 Å². The Hall–Kier alpha value is -2.49. The second-order valence-corrected chi connectivity index (χ2v) is 6.28. The first-order valence-electron chi connectivity index (χ1n) is 8.74. The molecule has 0 radical (unpaired) electrons. The van der Waals surface area contributed by atoms with Gasteiger partial charge in [-0.25, -0.2) is 0 Å². The third kappa shape index (κ3) is 6.29. The minimum Gasteiger partial charge on any atom is -0.463 e. The number of ether oxygens (including phenoxy) is 5. The molecular weight excluding hydrogens is 372 g/mol. The highest BCUT2D eigenvalue weighted by Gasteiger charge is 2.50. The van der Waals surface area contributed by atoms with Crippen LogP contribution in [0.2, 0.25) is 0 Å². The Balaban J connectivity index is 2.26. The zero-order chi connectivity index (χ0) is 20.7. The van der Waals surface area contributed by atoms with E-state index >= 15 is 0 Å². The van der Waals surface area contributed by atoms with E-state index in [1.807, 2.05) is 30.3 Å². The van der Waals surface area contributed by atoms with Gasteiger partial charge in [0.15, 0.2) is 18.5 Å². The molecule has 0 bridgehead atoms. The quantitative estimate of drug-likeness (QED) is 0.525. The SMILES string of the molecule is CC(=O)OC[C@H]1OC(O)[C@H](OC(C)=O)[C@@H](OCc2ccccc2)[C@@H]1OC(C)=O. The Kier molecular flexibility index (Phi) is 7.91. The van der Waals surface area contributed by atoms with E-state index in [2.05, 4.69) is 0 Å². The standard InChI is InChI=1S/C19H24O9/c1-11(20)24-10-15-16(26-12(2)21)17(18(19(23)28-15)27-13(3)22)25-9-14-7-5-4-6-8-14/h4-8,15-19,23H,9-10H2,1-3H3/t15-,16-,17+,18-,19?/m1/s1. The highest BCUT2D eigenvalue weighted by molar-refractivity contribution is 5.67. The highest BCUT2D eigenvalue weighted by atomic mass is 16.7. The summed E-state index contributed by atoms with van der Waals surface area (Å²) in [7, 11) is 0. The molecule has 0 aromatic heterocycles. The van der Waals surface area contributed by atoms with Gasteiger partial charge in [-0.15, -0.1) is 0 Å². The van der Waals surface area contributed by atoms with Gasteiger partial charge >= 0.3 is 17.9 Å². The second kappa shape index (κ2) is 10.2. The second-order valence-electron chi connectivity index (χ2n) is 6.28. The molecule has 9 nitrogen and oxygen atoms in total. The van der Waals surface area contributed by atoms with Crippen molar-refractivity contribution < 1.29 is 43.2 Å². The fraction of sp³-hybridized carbons (Fsp3) is 0.526. The normalized spacial score (nSPS) is 26.9. The van der Waals surface area contributed by atoms with Crippen LogP contribution in [0.1, 0.15) is 26.3 Å². The molecule has 0 spiro atoms. The van der Waals surface area contributed by atoms with Gasteiger partial charge in [-0.1, -0.05) is 30.3 Å². The maximum Gasteiger partial charge on any atom is 0.303 e. The van der Waals surface area contributed by atoms with Crippen LogP contribution in [0.15, 0.2) is 30.3 Å². The molecule has 1 unspecified atom stereocenters. The molecule has 154 valence electrons. The maximum atomic E-state index is 11.6. The fourth-order valence-electron chi connectivity index (χ4n) is 2.84. The molecule has 1 fully saturated rings. The predicted molar refractivity (Wildman–Crippen MR) is 93.6 cm³/mol. The van der Waals surface area contributed by atoms with Gasteiger partial charge in [0.25, 0.3) is 0 Å². The molecule has 9 heteroatoms. The van der Waals surface area contributed by atoms with E-state index in [0.717, 1.165) is 5.56 Å². The van der Waals surface area contributed by atoms with Gasteiger partial charge in [0.05, 0.1) is 6.61 Å². The van der Waals surface area contributed by atoms with Crippen molar-refractivity contribution in [2.45, 2.75) is 58.1 Å².